The van der Waals surface area contributed by atoms with E-state index in [-0.39, 0.29) is 0 Å². The highest BCUT2D eigenvalue weighted by Crippen LogP contribution is 2.33. The van der Waals surface area contributed by atoms with E-state index in [1.165, 1.54) is 48.9 Å². The average Bonchev–Trinajstić information content (AvgIpc) is 2.82. The number of benzene rings is 4. The van der Waals surface area contributed by atoms with Crippen LogP contribution in [0.5, 0.6) is 0 Å². The van der Waals surface area contributed by atoms with E-state index in [1.807, 2.05) is 0 Å². The molecule has 4 rings (SSSR count). The van der Waals surface area contributed by atoms with Gasteiger partial charge in [-0.15, -0.1) is 0 Å². The Bertz CT molecular complexity index is 1200. The van der Waals surface area contributed by atoms with E-state index in [4.69, 9.17) is 0 Å². The summed E-state index contributed by atoms with van der Waals surface area (Å²) in [7, 11) is -4.57. The van der Waals surface area contributed by atoms with Crippen molar-refractivity contribution >= 4 is 39.8 Å². The monoisotopic (exact) mass is 522 g/mol. The van der Waals surface area contributed by atoms with Gasteiger partial charge in [-0.05, 0) is 51.6 Å². The molecule has 4 aromatic carbocycles. The Kier molecular flexibility index (Phi) is 7.22. The van der Waals surface area contributed by atoms with Gasteiger partial charge in [0.2, 0.25) is 0 Å². The first-order chi connectivity index (χ1) is 16.8. The molecule has 0 aliphatic carbocycles. The maximum atomic E-state index is 2.46. The Morgan fingerprint density at radius 1 is 0.333 bits per heavy atom. The van der Waals surface area contributed by atoms with Gasteiger partial charge in [0.1, 0.15) is 0 Å². The molecular weight excluding hydrogens is 481 g/mol. The predicted octanol–water partition coefficient (Wildman–Crippen LogP) is 8.32. The zero-order valence-electron chi connectivity index (χ0n) is 23.7. The maximum Gasteiger partial charge on any atom is 0.0784 e. The standard InChI is InChI=1S/C33H42Si3/c1-34(2,3)31-19-13-10-16-28(31)25-22-26(29-17-11-14-20-32(29)35(4,5)6)24-27(23-25)30-18-12-15-21-33(30)36(7,8)9/h10-24H,1-9H3. The van der Waals surface area contributed by atoms with Crippen molar-refractivity contribution in [2.75, 3.05) is 0 Å². The maximum absolute atomic E-state index is 2.46. The molecule has 0 aliphatic heterocycles. The van der Waals surface area contributed by atoms with Crippen LogP contribution in [0.3, 0.4) is 0 Å². The van der Waals surface area contributed by atoms with Crippen LogP contribution < -0.4 is 15.6 Å². The van der Waals surface area contributed by atoms with E-state index in [1.54, 1.807) is 0 Å². The highest BCUT2D eigenvalue weighted by Gasteiger charge is 2.25. The normalized spacial score (nSPS) is 12.6. The summed E-state index contributed by atoms with van der Waals surface area (Å²) in [5.74, 6) is 0. The van der Waals surface area contributed by atoms with Crippen molar-refractivity contribution in [2.24, 2.45) is 0 Å². The van der Waals surface area contributed by atoms with Gasteiger partial charge in [-0.2, -0.15) is 0 Å². The number of hydrogen-bond acceptors (Lipinski definition) is 0. The molecule has 0 heterocycles. The van der Waals surface area contributed by atoms with Crippen LogP contribution in [-0.4, -0.2) is 24.2 Å². The summed E-state index contributed by atoms with van der Waals surface area (Å²) < 4.78 is 0. The van der Waals surface area contributed by atoms with Crippen molar-refractivity contribution < 1.29 is 0 Å². The van der Waals surface area contributed by atoms with Crippen LogP contribution in [-0.2, 0) is 0 Å². The molecule has 0 nitrogen and oxygen atoms in total. The van der Waals surface area contributed by atoms with E-state index in [2.05, 4.69) is 150 Å². The third-order valence-corrected chi connectivity index (χ3v) is 13.2. The first kappa shape index (κ1) is 26.6. The molecule has 0 radical (unpaired) electrons. The molecule has 0 bridgehead atoms. The minimum Gasteiger partial charge on any atom is -0.0656 e. The van der Waals surface area contributed by atoms with Crippen molar-refractivity contribution in [1.82, 2.24) is 0 Å². The molecule has 0 N–H and O–H groups in total. The molecule has 0 saturated heterocycles. The average molecular weight is 523 g/mol. The predicted molar refractivity (Wildman–Crippen MR) is 172 cm³/mol. The summed E-state index contributed by atoms with van der Waals surface area (Å²) in [6.07, 6.45) is 0. The van der Waals surface area contributed by atoms with E-state index >= 15 is 0 Å². The van der Waals surface area contributed by atoms with Crippen LogP contribution in [0.25, 0.3) is 33.4 Å². The van der Waals surface area contributed by atoms with Gasteiger partial charge in [0.15, 0.2) is 0 Å². The molecule has 36 heavy (non-hydrogen) atoms. The fraction of sp³-hybridized carbons (Fsp3) is 0.273. The zero-order chi connectivity index (χ0) is 26.3. The molecule has 0 fully saturated rings. The van der Waals surface area contributed by atoms with E-state index in [0.717, 1.165) is 0 Å². The molecular formula is C33H42Si3. The van der Waals surface area contributed by atoms with E-state index in [0.29, 0.717) is 0 Å². The second-order valence-electron chi connectivity index (χ2n) is 13.2. The third kappa shape index (κ3) is 5.59. The molecule has 0 spiro atoms. The van der Waals surface area contributed by atoms with Gasteiger partial charge in [0.05, 0.1) is 24.2 Å². The Hall–Kier alpha value is -2.47. The van der Waals surface area contributed by atoms with Gasteiger partial charge in [-0.1, -0.05) is 147 Å². The van der Waals surface area contributed by atoms with Gasteiger partial charge in [-0.3, -0.25) is 0 Å². The van der Waals surface area contributed by atoms with Crippen LogP contribution >= 0.6 is 0 Å². The van der Waals surface area contributed by atoms with Gasteiger partial charge in [-0.25, -0.2) is 0 Å². The lowest BCUT2D eigenvalue weighted by molar-refractivity contribution is 1.57. The molecule has 0 saturated carbocycles. The fourth-order valence-corrected chi connectivity index (χ4v) is 10.2. The summed E-state index contributed by atoms with van der Waals surface area (Å²) in [4.78, 5) is 0. The van der Waals surface area contributed by atoms with Crippen LogP contribution in [0.4, 0.5) is 0 Å². The summed E-state index contributed by atoms with van der Waals surface area (Å²) in [6.45, 7) is 22.1. The molecule has 0 atom stereocenters. The highest BCUT2D eigenvalue weighted by atomic mass is 28.3. The minimum absolute atomic E-state index is 1.34. The fourth-order valence-electron chi connectivity index (χ4n) is 5.26. The van der Waals surface area contributed by atoms with Gasteiger partial charge in [0.25, 0.3) is 0 Å². The summed E-state index contributed by atoms with van der Waals surface area (Å²) in [5.41, 5.74) is 8.23. The van der Waals surface area contributed by atoms with Crippen LogP contribution in [0, 0.1) is 0 Å². The summed E-state index contributed by atoms with van der Waals surface area (Å²) in [5, 5.41) is 4.60. The smallest absolute Gasteiger partial charge is 0.0656 e. The van der Waals surface area contributed by atoms with Crippen LogP contribution in [0.2, 0.25) is 58.9 Å². The van der Waals surface area contributed by atoms with Crippen molar-refractivity contribution in [3.8, 4) is 33.4 Å². The lowest BCUT2D eigenvalue weighted by Gasteiger charge is -2.25. The molecule has 0 amide bonds. The first-order valence-electron chi connectivity index (χ1n) is 13.2. The Morgan fingerprint density at radius 3 is 0.778 bits per heavy atom. The van der Waals surface area contributed by atoms with Crippen LogP contribution in [0.1, 0.15) is 0 Å². The quantitative estimate of drug-likeness (QED) is 0.223. The third-order valence-electron chi connectivity index (χ3n) is 7.07. The SMILES string of the molecule is C[Si](C)(C)c1ccccc1-c1cc(-c2ccccc2[Si](C)(C)C)cc(-c2ccccc2[Si](C)(C)C)c1. The topological polar surface area (TPSA) is 0 Å². The molecule has 0 unspecified atom stereocenters. The van der Waals surface area contributed by atoms with Crippen molar-refractivity contribution in [2.45, 2.75) is 58.9 Å². The lowest BCUT2D eigenvalue weighted by atomic mass is 9.93. The first-order valence-corrected chi connectivity index (χ1v) is 23.7. The van der Waals surface area contributed by atoms with Crippen molar-refractivity contribution in [3.63, 3.8) is 0 Å². The second kappa shape index (κ2) is 9.77. The van der Waals surface area contributed by atoms with E-state index < -0.39 is 24.2 Å². The van der Waals surface area contributed by atoms with Gasteiger partial charge < -0.3 is 0 Å². The number of rotatable bonds is 6. The highest BCUT2D eigenvalue weighted by molar-refractivity contribution is 6.90. The Balaban J connectivity index is 2.08. The molecule has 186 valence electrons. The Labute approximate surface area is 222 Å². The molecule has 4 aromatic rings. The second-order valence-corrected chi connectivity index (χ2v) is 28.3. The molecule has 0 aromatic heterocycles. The van der Waals surface area contributed by atoms with Gasteiger partial charge in [0, 0.05) is 0 Å². The Morgan fingerprint density at radius 2 is 0.556 bits per heavy atom. The van der Waals surface area contributed by atoms with E-state index in [9.17, 15) is 0 Å². The van der Waals surface area contributed by atoms with Crippen molar-refractivity contribution in [3.05, 3.63) is 91.0 Å². The molecule has 3 heteroatoms. The minimum atomic E-state index is -1.52. The molecule has 0 aliphatic rings. The van der Waals surface area contributed by atoms with Crippen molar-refractivity contribution in [1.29, 1.82) is 0 Å². The zero-order valence-corrected chi connectivity index (χ0v) is 26.7. The summed E-state index contributed by atoms with van der Waals surface area (Å²) >= 11 is 0. The largest absolute Gasteiger partial charge is 0.0784 e. The number of hydrogen-bond donors (Lipinski definition) is 0. The summed E-state index contributed by atoms with van der Waals surface area (Å²) in [6, 6.07) is 34.7. The van der Waals surface area contributed by atoms with Gasteiger partial charge >= 0.3 is 0 Å². The van der Waals surface area contributed by atoms with Crippen LogP contribution in [0.15, 0.2) is 91.0 Å². The lowest BCUT2D eigenvalue weighted by Crippen LogP contribution is -2.39.